The Morgan fingerprint density at radius 2 is 0.964 bits per heavy atom. The van der Waals surface area contributed by atoms with Gasteiger partial charge in [0.1, 0.15) is 56.8 Å². The van der Waals surface area contributed by atoms with Gasteiger partial charge in [-0.3, -0.25) is 0 Å². The van der Waals surface area contributed by atoms with Crippen LogP contribution in [0.2, 0.25) is 0 Å². The minimum absolute atomic E-state index is 0.125. The number of nitrogens with zero attached hydrogens (tertiary/aromatic N) is 1. The molecule has 6 heterocycles. The third-order valence-electron chi connectivity index (χ3n) is 12.2. The Hall–Kier alpha value is -7.31. The molecule has 258 valence electrons. The van der Waals surface area contributed by atoms with Crippen molar-refractivity contribution in [2.75, 3.05) is 4.90 Å². The zero-order valence-electron chi connectivity index (χ0n) is 29.6. The van der Waals surface area contributed by atoms with Crippen molar-refractivity contribution in [3.8, 4) is 34.5 Å². The van der Waals surface area contributed by atoms with Gasteiger partial charge in [0, 0.05) is 51.5 Å². The van der Waals surface area contributed by atoms with Gasteiger partial charge in [-0.1, -0.05) is 97.1 Å². The number of para-hydroxylation sites is 5. The van der Waals surface area contributed by atoms with Crippen LogP contribution in [0, 0.1) is 0 Å². The standard InChI is InChI=1S/C48H25B2NO5/c1-2-12-26(13-3-1)51-33-18-8-6-16-29(33)49-32-22-31-38(24-39(32)56-47-43-27-14-4-9-19-35(27)52-40(43)23-34(51)45(47)49)54-42-25-41-44(28-15-5-10-20-36(28)53-41)48-46(42)50(31)30-17-7-11-21-37(30)55-48/h1-25H. The first-order valence-electron chi connectivity index (χ1n) is 19.0. The monoisotopic (exact) mass is 717 g/mol. The molecule has 0 spiro atoms. The van der Waals surface area contributed by atoms with E-state index in [1.165, 1.54) is 5.46 Å². The van der Waals surface area contributed by atoms with Crippen LogP contribution in [0.5, 0.6) is 34.5 Å². The van der Waals surface area contributed by atoms with Gasteiger partial charge in [-0.25, -0.2) is 0 Å². The van der Waals surface area contributed by atoms with Gasteiger partial charge in [-0.2, -0.15) is 0 Å². The van der Waals surface area contributed by atoms with Crippen LogP contribution in [0.3, 0.4) is 0 Å². The first-order valence-corrected chi connectivity index (χ1v) is 19.0. The van der Waals surface area contributed by atoms with Crippen molar-refractivity contribution in [1.29, 1.82) is 0 Å². The molecule has 0 fully saturated rings. The van der Waals surface area contributed by atoms with E-state index in [1.807, 2.05) is 42.5 Å². The highest BCUT2D eigenvalue weighted by Gasteiger charge is 2.47. The van der Waals surface area contributed by atoms with Gasteiger partial charge in [0.25, 0.3) is 13.4 Å². The number of benzene rings is 8. The van der Waals surface area contributed by atoms with Crippen molar-refractivity contribution < 1.29 is 23.0 Å². The van der Waals surface area contributed by atoms with Crippen LogP contribution >= 0.6 is 0 Å². The van der Waals surface area contributed by atoms with E-state index in [0.717, 1.165) is 123 Å². The lowest BCUT2D eigenvalue weighted by Crippen LogP contribution is -2.62. The molecular formula is C48H25B2NO5. The molecule has 0 saturated heterocycles. The van der Waals surface area contributed by atoms with E-state index < -0.39 is 0 Å². The Balaban J connectivity index is 1.07. The number of hydrogen-bond donors (Lipinski definition) is 0. The van der Waals surface area contributed by atoms with Gasteiger partial charge < -0.3 is 27.9 Å². The van der Waals surface area contributed by atoms with Gasteiger partial charge >= 0.3 is 0 Å². The van der Waals surface area contributed by atoms with E-state index in [2.05, 4.69) is 114 Å². The lowest BCUT2D eigenvalue weighted by molar-refractivity contribution is 0.459. The zero-order chi connectivity index (χ0) is 36.2. The van der Waals surface area contributed by atoms with Crippen molar-refractivity contribution in [3.05, 3.63) is 152 Å². The van der Waals surface area contributed by atoms with Gasteiger partial charge in [0.15, 0.2) is 0 Å². The summed E-state index contributed by atoms with van der Waals surface area (Å²) in [7, 11) is 0. The molecule has 8 aromatic carbocycles. The second-order valence-corrected chi connectivity index (χ2v) is 15.1. The Morgan fingerprint density at radius 3 is 1.75 bits per heavy atom. The first kappa shape index (κ1) is 29.1. The highest BCUT2D eigenvalue weighted by Crippen LogP contribution is 2.48. The van der Waals surface area contributed by atoms with E-state index in [9.17, 15) is 0 Å². The quantitative estimate of drug-likeness (QED) is 0.159. The van der Waals surface area contributed by atoms with Crippen LogP contribution in [0.25, 0.3) is 43.9 Å². The second-order valence-electron chi connectivity index (χ2n) is 15.1. The van der Waals surface area contributed by atoms with E-state index in [0.29, 0.717) is 0 Å². The van der Waals surface area contributed by atoms with E-state index in [1.54, 1.807) is 0 Å². The molecule has 0 bridgehead atoms. The van der Waals surface area contributed by atoms with E-state index >= 15 is 0 Å². The molecule has 0 unspecified atom stereocenters. The fourth-order valence-electron chi connectivity index (χ4n) is 9.98. The van der Waals surface area contributed by atoms with E-state index in [-0.39, 0.29) is 13.4 Å². The molecule has 2 aromatic heterocycles. The maximum absolute atomic E-state index is 7.23. The maximum atomic E-state index is 7.23. The summed E-state index contributed by atoms with van der Waals surface area (Å²) in [5.41, 5.74) is 13.0. The third-order valence-corrected chi connectivity index (χ3v) is 12.2. The molecule has 10 aromatic rings. The normalized spacial score (nSPS) is 14.0. The summed E-state index contributed by atoms with van der Waals surface area (Å²) in [6.07, 6.45) is 0. The van der Waals surface area contributed by atoms with Gasteiger partial charge in [0.2, 0.25) is 0 Å². The number of hydrogen-bond acceptors (Lipinski definition) is 6. The smallest absolute Gasteiger partial charge is 0.260 e. The number of fused-ring (bicyclic) bond motifs is 16. The van der Waals surface area contributed by atoms with Crippen molar-refractivity contribution in [2.45, 2.75) is 0 Å². The van der Waals surface area contributed by atoms with Crippen molar-refractivity contribution in [3.63, 3.8) is 0 Å². The molecule has 0 aliphatic carbocycles. The number of ether oxygens (including phenoxy) is 3. The summed E-state index contributed by atoms with van der Waals surface area (Å²) in [4.78, 5) is 2.35. The summed E-state index contributed by atoms with van der Waals surface area (Å²) >= 11 is 0. The molecule has 14 rings (SSSR count). The minimum Gasteiger partial charge on any atom is -0.458 e. The topological polar surface area (TPSA) is 57.2 Å². The zero-order valence-corrected chi connectivity index (χ0v) is 29.6. The summed E-state index contributed by atoms with van der Waals surface area (Å²) in [6, 6.07) is 52.7. The minimum atomic E-state index is -0.141. The molecule has 0 saturated carbocycles. The van der Waals surface area contributed by atoms with Gasteiger partial charge in [-0.15, -0.1) is 0 Å². The molecule has 4 aliphatic heterocycles. The number of anilines is 3. The van der Waals surface area contributed by atoms with Crippen LogP contribution in [0.4, 0.5) is 17.1 Å². The van der Waals surface area contributed by atoms with Crippen molar-refractivity contribution >= 4 is 107 Å². The predicted molar refractivity (Wildman–Crippen MR) is 225 cm³/mol. The molecular weight excluding hydrogens is 692 g/mol. The molecule has 0 amide bonds. The molecule has 56 heavy (non-hydrogen) atoms. The molecule has 6 nitrogen and oxygen atoms in total. The molecule has 0 radical (unpaired) electrons. The van der Waals surface area contributed by atoms with Crippen LogP contribution in [0.15, 0.2) is 160 Å². The van der Waals surface area contributed by atoms with E-state index in [4.69, 9.17) is 23.0 Å². The van der Waals surface area contributed by atoms with Crippen molar-refractivity contribution in [2.24, 2.45) is 0 Å². The fourth-order valence-corrected chi connectivity index (χ4v) is 9.98. The molecule has 8 heteroatoms. The Bertz CT molecular complexity index is 3390. The van der Waals surface area contributed by atoms with Crippen LogP contribution < -0.4 is 51.9 Å². The fraction of sp³-hybridized carbons (Fsp3) is 0. The van der Waals surface area contributed by atoms with Crippen LogP contribution in [-0.2, 0) is 0 Å². The summed E-state index contributed by atoms with van der Waals surface area (Å²) in [6.45, 7) is -0.266. The number of furan rings is 2. The number of rotatable bonds is 1. The molecule has 4 aliphatic rings. The van der Waals surface area contributed by atoms with Gasteiger partial charge in [0.05, 0.1) is 10.8 Å². The third kappa shape index (κ3) is 3.59. The van der Waals surface area contributed by atoms with Crippen LogP contribution in [0.1, 0.15) is 0 Å². The predicted octanol–water partition coefficient (Wildman–Crippen LogP) is 8.62. The Kier molecular flexibility index (Phi) is 5.33. The van der Waals surface area contributed by atoms with Crippen LogP contribution in [-0.4, -0.2) is 13.4 Å². The second kappa shape index (κ2) is 10.3. The Labute approximate surface area is 320 Å². The summed E-state index contributed by atoms with van der Waals surface area (Å²) < 4.78 is 34.0. The lowest BCUT2D eigenvalue weighted by Gasteiger charge is -2.41. The van der Waals surface area contributed by atoms with Gasteiger partial charge in [-0.05, 0) is 63.7 Å². The summed E-state index contributed by atoms with van der Waals surface area (Å²) in [5, 5.41) is 3.98. The highest BCUT2D eigenvalue weighted by molar-refractivity contribution is 7.01. The largest absolute Gasteiger partial charge is 0.458 e. The summed E-state index contributed by atoms with van der Waals surface area (Å²) in [5.74, 6) is 4.67. The van der Waals surface area contributed by atoms with Crippen molar-refractivity contribution in [1.82, 2.24) is 0 Å². The average molecular weight is 717 g/mol. The SMILES string of the molecule is c1ccc(N2c3ccccc3B3c4cc5c(cc4Oc4c3c2cc2oc3ccccc3c42)Oc2cc3oc4ccccc4c3c3c2B5c2ccccc2O3)cc1. The highest BCUT2D eigenvalue weighted by atomic mass is 16.5. The molecule has 0 N–H and O–H groups in total. The average Bonchev–Trinajstić information content (AvgIpc) is 3.81. The lowest BCUT2D eigenvalue weighted by atomic mass is 9.31. The molecule has 0 atom stereocenters. The Morgan fingerprint density at radius 1 is 0.375 bits per heavy atom. The first-order chi connectivity index (χ1) is 27.8. The maximum Gasteiger partial charge on any atom is 0.260 e.